The van der Waals surface area contributed by atoms with Crippen LogP contribution in [0.3, 0.4) is 0 Å². The van der Waals surface area contributed by atoms with Crippen molar-refractivity contribution in [2.24, 2.45) is 0 Å². The summed E-state index contributed by atoms with van der Waals surface area (Å²) in [5, 5.41) is 6.14. The number of rotatable bonds is 6. The molecule has 1 amide bonds. The Hall–Kier alpha value is -2.42. The van der Waals surface area contributed by atoms with Gasteiger partial charge in [0, 0.05) is 21.1 Å². The number of hydrogen-bond acceptors (Lipinski definition) is 5. The van der Waals surface area contributed by atoms with E-state index < -0.39 is 0 Å². The lowest BCUT2D eigenvalue weighted by Gasteiger charge is -2.12. The first-order valence-corrected chi connectivity index (χ1v) is 11.5. The fourth-order valence-electron chi connectivity index (χ4n) is 2.78. The minimum absolute atomic E-state index is 0.0999. The van der Waals surface area contributed by atoms with E-state index in [-0.39, 0.29) is 11.7 Å². The lowest BCUT2D eigenvalue weighted by molar-refractivity contribution is -0.113. The Kier molecular flexibility index (Phi) is 6.13. The lowest BCUT2D eigenvalue weighted by Crippen LogP contribution is -2.14. The Balaban J connectivity index is 1.59. The topological polar surface area (TPSA) is 59.8 Å². The van der Waals surface area contributed by atoms with Crippen LogP contribution in [0, 0.1) is 6.92 Å². The van der Waals surface area contributed by atoms with Crippen molar-refractivity contribution in [3.8, 4) is 16.9 Å². The maximum atomic E-state index is 12.3. The fourth-order valence-corrected chi connectivity index (χ4v) is 4.55. The van der Waals surface area contributed by atoms with Crippen molar-refractivity contribution >= 4 is 50.1 Å². The van der Waals surface area contributed by atoms with Crippen molar-refractivity contribution in [1.82, 2.24) is 14.5 Å². The monoisotopic (exact) mass is 484 g/mol. The normalized spacial score (nSPS) is 10.8. The molecule has 0 saturated heterocycles. The van der Waals surface area contributed by atoms with Gasteiger partial charge in [-0.2, -0.15) is 0 Å². The zero-order valence-corrected chi connectivity index (χ0v) is 18.7. The number of para-hydroxylation sites is 1. The van der Waals surface area contributed by atoms with Crippen LogP contribution in [-0.2, 0) is 4.79 Å². The molecule has 0 aliphatic heterocycles. The maximum Gasteiger partial charge on any atom is 0.236 e. The van der Waals surface area contributed by atoms with Crippen LogP contribution in [0.1, 0.15) is 5.69 Å². The van der Waals surface area contributed by atoms with E-state index in [1.165, 1.54) is 23.1 Å². The molecule has 0 unspecified atom stereocenters. The van der Waals surface area contributed by atoms with E-state index in [9.17, 15) is 4.79 Å². The van der Waals surface area contributed by atoms with Crippen LogP contribution in [0.15, 0.2) is 75.8 Å². The van der Waals surface area contributed by atoms with E-state index in [1.807, 2.05) is 73.1 Å². The van der Waals surface area contributed by atoms with Crippen molar-refractivity contribution in [2.75, 3.05) is 11.1 Å². The Bertz CT molecular complexity index is 1120. The zero-order chi connectivity index (χ0) is 20.2. The van der Waals surface area contributed by atoms with E-state index in [0.29, 0.717) is 5.13 Å². The number of aromatic nitrogens is 3. The van der Waals surface area contributed by atoms with Crippen LogP contribution >= 0.6 is 39.0 Å². The van der Waals surface area contributed by atoms with Gasteiger partial charge in [0.1, 0.15) is 0 Å². The highest BCUT2D eigenvalue weighted by molar-refractivity contribution is 9.10. The standard InChI is InChI=1S/C21H17BrN4OS2/c1-14-12-28-20(24-14)25-19(27)13-29-21-23-11-18(15-7-9-16(22)10-8-15)26(21)17-5-3-2-4-6-17/h2-12H,13H2,1H3,(H,24,25,27). The Morgan fingerprint density at radius 2 is 1.93 bits per heavy atom. The largest absolute Gasteiger partial charge is 0.301 e. The van der Waals surface area contributed by atoms with Gasteiger partial charge in [-0.05, 0) is 31.2 Å². The summed E-state index contributed by atoms with van der Waals surface area (Å²) in [5.74, 6) is 0.152. The number of benzene rings is 2. The van der Waals surface area contributed by atoms with Gasteiger partial charge in [-0.25, -0.2) is 9.97 Å². The van der Waals surface area contributed by atoms with Crippen LogP contribution < -0.4 is 5.32 Å². The second-order valence-corrected chi connectivity index (χ2v) is 8.95. The molecule has 0 radical (unpaired) electrons. The van der Waals surface area contributed by atoms with E-state index >= 15 is 0 Å². The van der Waals surface area contributed by atoms with Crippen LogP contribution in [0.25, 0.3) is 16.9 Å². The highest BCUT2D eigenvalue weighted by Gasteiger charge is 2.16. The van der Waals surface area contributed by atoms with E-state index in [2.05, 4.69) is 35.8 Å². The third-order valence-electron chi connectivity index (χ3n) is 4.08. The molecule has 0 atom stereocenters. The predicted molar refractivity (Wildman–Crippen MR) is 123 cm³/mol. The van der Waals surface area contributed by atoms with Crippen LogP contribution in [0.4, 0.5) is 5.13 Å². The Labute approximate surface area is 185 Å². The molecule has 0 bridgehead atoms. The molecule has 0 aliphatic carbocycles. The number of hydrogen-bond donors (Lipinski definition) is 1. The van der Waals surface area contributed by atoms with Crippen LogP contribution in [-0.4, -0.2) is 26.2 Å². The van der Waals surface area contributed by atoms with Crippen molar-refractivity contribution < 1.29 is 4.79 Å². The molecule has 2 aromatic heterocycles. The molecule has 4 aromatic rings. The highest BCUT2D eigenvalue weighted by atomic mass is 79.9. The van der Waals surface area contributed by atoms with Crippen molar-refractivity contribution in [3.63, 3.8) is 0 Å². The van der Waals surface area contributed by atoms with Gasteiger partial charge in [0.15, 0.2) is 10.3 Å². The molecule has 29 heavy (non-hydrogen) atoms. The number of carbonyl (C=O) groups is 1. The number of halogens is 1. The summed E-state index contributed by atoms with van der Waals surface area (Å²) in [5.41, 5.74) is 3.93. The number of anilines is 1. The zero-order valence-electron chi connectivity index (χ0n) is 15.5. The third kappa shape index (κ3) is 4.77. The molecule has 0 saturated carbocycles. The van der Waals surface area contributed by atoms with Crippen molar-refractivity contribution in [1.29, 1.82) is 0 Å². The lowest BCUT2D eigenvalue weighted by atomic mass is 10.1. The molecule has 146 valence electrons. The molecule has 0 fully saturated rings. The van der Waals surface area contributed by atoms with Gasteiger partial charge in [0.05, 0.1) is 23.3 Å². The molecule has 4 rings (SSSR count). The highest BCUT2D eigenvalue weighted by Crippen LogP contribution is 2.30. The van der Waals surface area contributed by atoms with Crippen molar-refractivity contribution in [2.45, 2.75) is 12.1 Å². The van der Waals surface area contributed by atoms with E-state index in [4.69, 9.17) is 0 Å². The summed E-state index contributed by atoms with van der Waals surface area (Å²) in [4.78, 5) is 21.2. The van der Waals surface area contributed by atoms with Crippen molar-refractivity contribution in [3.05, 3.63) is 76.3 Å². The van der Waals surface area contributed by atoms with Gasteiger partial charge in [0.25, 0.3) is 0 Å². The maximum absolute atomic E-state index is 12.3. The quantitative estimate of drug-likeness (QED) is 0.351. The van der Waals surface area contributed by atoms with E-state index in [1.54, 1.807) is 0 Å². The molecule has 5 nitrogen and oxygen atoms in total. The van der Waals surface area contributed by atoms with Gasteiger partial charge in [-0.15, -0.1) is 11.3 Å². The first kappa shape index (κ1) is 19.9. The summed E-state index contributed by atoms with van der Waals surface area (Å²) in [6, 6.07) is 18.1. The molecule has 8 heteroatoms. The molecular weight excluding hydrogens is 468 g/mol. The smallest absolute Gasteiger partial charge is 0.236 e. The number of thioether (sulfide) groups is 1. The molecular formula is C21H17BrN4OS2. The number of nitrogens with zero attached hydrogens (tertiary/aromatic N) is 3. The number of nitrogens with one attached hydrogen (secondary N) is 1. The van der Waals surface area contributed by atoms with Crippen LogP contribution in [0.2, 0.25) is 0 Å². The first-order chi connectivity index (χ1) is 14.1. The molecule has 1 N–H and O–H groups in total. The number of carbonyl (C=O) groups excluding carboxylic acids is 1. The number of imidazole rings is 1. The summed E-state index contributed by atoms with van der Waals surface area (Å²) in [7, 11) is 0. The summed E-state index contributed by atoms with van der Waals surface area (Å²) >= 11 is 6.31. The van der Waals surface area contributed by atoms with Crippen LogP contribution in [0.5, 0.6) is 0 Å². The van der Waals surface area contributed by atoms with Gasteiger partial charge in [0.2, 0.25) is 5.91 Å². The van der Waals surface area contributed by atoms with Gasteiger partial charge in [-0.1, -0.05) is 58.0 Å². The minimum Gasteiger partial charge on any atom is -0.301 e. The van der Waals surface area contributed by atoms with Gasteiger partial charge < -0.3 is 5.32 Å². The third-order valence-corrected chi connectivity index (χ3v) is 6.44. The molecule has 2 heterocycles. The fraction of sp³-hybridized carbons (Fsp3) is 0.0952. The minimum atomic E-state index is -0.0999. The SMILES string of the molecule is Cc1csc(NC(=O)CSc2ncc(-c3ccc(Br)cc3)n2-c2ccccc2)n1. The predicted octanol–water partition coefficient (Wildman–Crippen LogP) is 5.80. The second-order valence-electron chi connectivity index (χ2n) is 6.23. The average molecular weight is 485 g/mol. The Morgan fingerprint density at radius 3 is 2.62 bits per heavy atom. The molecule has 2 aromatic carbocycles. The first-order valence-electron chi connectivity index (χ1n) is 8.84. The molecule has 0 aliphatic rings. The number of amides is 1. The van der Waals surface area contributed by atoms with Gasteiger partial charge in [-0.3, -0.25) is 9.36 Å². The summed E-state index contributed by atoms with van der Waals surface area (Å²) in [6.45, 7) is 1.90. The Morgan fingerprint density at radius 1 is 1.17 bits per heavy atom. The number of thiazole rings is 1. The van der Waals surface area contributed by atoms with E-state index in [0.717, 1.165) is 32.3 Å². The summed E-state index contributed by atoms with van der Waals surface area (Å²) in [6.07, 6.45) is 1.85. The second kappa shape index (κ2) is 8.94. The number of aryl methyl sites for hydroxylation is 1. The van der Waals surface area contributed by atoms with Gasteiger partial charge >= 0.3 is 0 Å². The molecule has 0 spiro atoms. The summed E-state index contributed by atoms with van der Waals surface area (Å²) < 4.78 is 3.10. The average Bonchev–Trinajstić information content (AvgIpc) is 3.33.